The zero-order valence-electron chi connectivity index (χ0n) is 15.7. The number of allylic oxidation sites excluding steroid dienone is 2. The fourth-order valence-electron chi connectivity index (χ4n) is 4.99. The van der Waals surface area contributed by atoms with Gasteiger partial charge in [0.2, 0.25) is 0 Å². The van der Waals surface area contributed by atoms with Crippen LogP contribution in [-0.4, -0.2) is 29.9 Å². The predicted octanol–water partition coefficient (Wildman–Crippen LogP) is 2.97. The molecule has 0 aromatic carbocycles. The van der Waals surface area contributed by atoms with E-state index in [4.69, 9.17) is 4.74 Å². The molecule has 2 saturated carbocycles. The lowest BCUT2D eigenvalue weighted by Crippen LogP contribution is -2.45. The highest BCUT2D eigenvalue weighted by molar-refractivity contribution is 6.20. The normalized spacial score (nSPS) is 31.3. The van der Waals surface area contributed by atoms with Crippen molar-refractivity contribution in [2.24, 2.45) is 11.8 Å². The highest BCUT2D eigenvalue weighted by Crippen LogP contribution is 2.46. The Kier molecular flexibility index (Phi) is 5.02. The van der Waals surface area contributed by atoms with E-state index in [0.29, 0.717) is 12.5 Å². The molecular weight excluding hydrogens is 328 g/mol. The Balaban J connectivity index is 1.56. The molecule has 0 amide bonds. The van der Waals surface area contributed by atoms with Gasteiger partial charge in [-0.1, -0.05) is 37.3 Å². The molecule has 1 spiro atoms. The van der Waals surface area contributed by atoms with E-state index < -0.39 is 5.97 Å². The molecule has 2 N–H and O–H groups in total. The van der Waals surface area contributed by atoms with E-state index in [1.54, 1.807) is 13.0 Å². The minimum Gasteiger partial charge on any atom is -0.462 e. The number of esters is 1. The van der Waals surface area contributed by atoms with Crippen molar-refractivity contribution in [1.82, 2.24) is 10.9 Å². The third-order valence-corrected chi connectivity index (χ3v) is 6.49. The number of hydrazine groups is 1. The van der Waals surface area contributed by atoms with Gasteiger partial charge in [-0.25, -0.2) is 4.79 Å². The molecule has 0 radical (unpaired) electrons. The van der Waals surface area contributed by atoms with Crippen LogP contribution >= 0.6 is 0 Å². The maximum atomic E-state index is 13.2. The van der Waals surface area contributed by atoms with Gasteiger partial charge in [0.15, 0.2) is 5.78 Å². The first-order valence-electron chi connectivity index (χ1n) is 10.3. The SMILES string of the molecule is CCOC(=O)C1=CC=C(C2CC2)C(C2CC3(CCCCCC3)NN2)C1=O. The van der Waals surface area contributed by atoms with E-state index in [9.17, 15) is 9.59 Å². The molecule has 0 aromatic heterocycles. The summed E-state index contributed by atoms with van der Waals surface area (Å²) in [4.78, 5) is 25.5. The molecule has 3 fully saturated rings. The molecule has 0 aromatic rings. The van der Waals surface area contributed by atoms with E-state index in [0.717, 1.165) is 19.3 Å². The molecule has 1 aliphatic heterocycles. The van der Waals surface area contributed by atoms with Crippen molar-refractivity contribution in [3.05, 3.63) is 23.3 Å². The minimum absolute atomic E-state index is 0.0576. The monoisotopic (exact) mass is 358 g/mol. The average molecular weight is 358 g/mol. The summed E-state index contributed by atoms with van der Waals surface area (Å²) in [5, 5.41) is 0. The molecule has 4 aliphatic rings. The molecule has 4 rings (SSSR count). The maximum absolute atomic E-state index is 13.2. The Morgan fingerprint density at radius 2 is 1.92 bits per heavy atom. The van der Waals surface area contributed by atoms with Gasteiger partial charge in [-0.05, 0) is 51.0 Å². The van der Waals surface area contributed by atoms with Crippen molar-refractivity contribution >= 4 is 11.8 Å². The molecule has 5 nitrogen and oxygen atoms in total. The van der Waals surface area contributed by atoms with Crippen LogP contribution in [0.3, 0.4) is 0 Å². The number of rotatable bonds is 4. The molecule has 1 saturated heterocycles. The van der Waals surface area contributed by atoms with Crippen LogP contribution in [0.15, 0.2) is 23.3 Å². The first-order valence-corrected chi connectivity index (χ1v) is 10.3. The quantitative estimate of drug-likeness (QED) is 0.597. The maximum Gasteiger partial charge on any atom is 0.341 e. The lowest BCUT2D eigenvalue weighted by molar-refractivity contribution is -0.140. The zero-order valence-corrected chi connectivity index (χ0v) is 15.7. The Bertz CT molecular complexity index is 640. The molecule has 2 atom stereocenters. The molecule has 5 heteroatoms. The second kappa shape index (κ2) is 7.28. The molecule has 0 bridgehead atoms. The standard InChI is InChI=1S/C21H30N2O3/c1-2-26-20(25)16-10-9-15(14-7-8-14)18(19(16)24)17-13-21(23-22-17)11-5-3-4-6-12-21/h9-10,14,17-18,22-23H,2-8,11-13H2,1H3. The summed E-state index contributed by atoms with van der Waals surface area (Å²) < 4.78 is 5.11. The summed E-state index contributed by atoms with van der Waals surface area (Å²) in [6, 6.07) is 0.0607. The van der Waals surface area contributed by atoms with Crippen molar-refractivity contribution < 1.29 is 14.3 Å². The predicted molar refractivity (Wildman–Crippen MR) is 99.1 cm³/mol. The van der Waals surface area contributed by atoms with Crippen LogP contribution in [0.1, 0.15) is 64.7 Å². The Labute approximate surface area is 155 Å². The van der Waals surface area contributed by atoms with E-state index in [2.05, 4.69) is 10.9 Å². The van der Waals surface area contributed by atoms with E-state index in [1.165, 1.54) is 44.1 Å². The smallest absolute Gasteiger partial charge is 0.341 e. The van der Waals surface area contributed by atoms with Crippen LogP contribution in [0.5, 0.6) is 0 Å². The van der Waals surface area contributed by atoms with Crippen LogP contribution in [0.4, 0.5) is 0 Å². The molecular formula is C21H30N2O3. The van der Waals surface area contributed by atoms with E-state index >= 15 is 0 Å². The average Bonchev–Trinajstić information content (AvgIpc) is 3.41. The first-order chi connectivity index (χ1) is 12.6. The lowest BCUT2D eigenvalue weighted by atomic mass is 9.74. The molecule has 142 valence electrons. The number of Topliss-reactive ketones (excluding diaryl/α,β-unsaturated/α-hetero) is 1. The van der Waals surface area contributed by atoms with E-state index in [1.807, 2.05) is 6.08 Å². The summed E-state index contributed by atoms with van der Waals surface area (Å²) in [6.45, 7) is 2.06. The van der Waals surface area contributed by atoms with Crippen LogP contribution in [0.25, 0.3) is 0 Å². The molecule has 3 aliphatic carbocycles. The first kappa shape index (κ1) is 17.9. The number of carbonyl (C=O) groups is 2. The minimum atomic E-state index is -0.483. The molecule has 26 heavy (non-hydrogen) atoms. The van der Waals surface area contributed by atoms with Gasteiger partial charge in [0.25, 0.3) is 0 Å². The van der Waals surface area contributed by atoms with Crippen LogP contribution in [-0.2, 0) is 14.3 Å². The summed E-state index contributed by atoms with van der Waals surface area (Å²) >= 11 is 0. The van der Waals surface area contributed by atoms with Gasteiger partial charge in [0, 0.05) is 11.6 Å². The number of hydrogen-bond acceptors (Lipinski definition) is 5. The number of hydrogen-bond donors (Lipinski definition) is 2. The molecule has 2 unspecified atom stereocenters. The second-order valence-electron chi connectivity index (χ2n) is 8.36. The van der Waals surface area contributed by atoms with Gasteiger partial charge in [-0.3, -0.25) is 15.6 Å². The van der Waals surface area contributed by atoms with Gasteiger partial charge in [-0.2, -0.15) is 0 Å². The largest absolute Gasteiger partial charge is 0.462 e. The Morgan fingerprint density at radius 1 is 1.19 bits per heavy atom. The summed E-state index contributed by atoms with van der Waals surface area (Å²) in [7, 11) is 0. The van der Waals surface area contributed by atoms with Crippen LogP contribution < -0.4 is 10.9 Å². The fourth-order valence-corrected chi connectivity index (χ4v) is 4.99. The van der Waals surface area contributed by atoms with Crippen molar-refractivity contribution in [2.75, 3.05) is 6.61 Å². The Morgan fingerprint density at radius 3 is 2.58 bits per heavy atom. The third kappa shape index (κ3) is 3.39. The van der Waals surface area contributed by atoms with Crippen LogP contribution in [0, 0.1) is 11.8 Å². The van der Waals surface area contributed by atoms with Crippen molar-refractivity contribution in [3.63, 3.8) is 0 Å². The number of ether oxygens (including phenoxy) is 1. The highest BCUT2D eigenvalue weighted by Gasteiger charge is 2.48. The van der Waals surface area contributed by atoms with Gasteiger partial charge < -0.3 is 4.74 Å². The fraction of sp³-hybridized carbons (Fsp3) is 0.714. The van der Waals surface area contributed by atoms with Crippen molar-refractivity contribution in [2.45, 2.75) is 76.3 Å². The van der Waals surface area contributed by atoms with Gasteiger partial charge in [0.05, 0.1) is 12.5 Å². The summed E-state index contributed by atoms with van der Waals surface area (Å²) in [5.74, 6) is -0.264. The second-order valence-corrected chi connectivity index (χ2v) is 8.36. The van der Waals surface area contributed by atoms with E-state index in [-0.39, 0.29) is 28.9 Å². The molecule has 1 heterocycles. The van der Waals surface area contributed by atoms with Gasteiger partial charge in [0.1, 0.15) is 5.57 Å². The van der Waals surface area contributed by atoms with Crippen LogP contribution in [0.2, 0.25) is 0 Å². The zero-order chi connectivity index (χ0) is 18.1. The Hall–Kier alpha value is -1.46. The van der Waals surface area contributed by atoms with Gasteiger partial charge in [-0.15, -0.1) is 0 Å². The highest BCUT2D eigenvalue weighted by atomic mass is 16.5. The van der Waals surface area contributed by atoms with Crippen molar-refractivity contribution in [1.29, 1.82) is 0 Å². The summed E-state index contributed by atoms with van der Waals surface area (Å²) in [5.41, 5.74) is 8.56. The lowest BCUT2D eigenvalue weighted by Gasteiger charge is -2.30. The van der Waals surface area contributed by atoms with Gasteiger partial charge >= 0.3 is 5.97 Å². The number of nitrogens with one attached hydrogen (secondary N) is 2. The topological polar surface area (TPSA) is 67.4 Å². The number of ketones is 1. The third-order valence-electron chi connectivity index (χ3n) is 6.49. The van der Waals surface area contributed by atoms with Crippen molar-refractivity contribution in [3.8, 4) is 0 Å². The summed E-state index contributed by atoms with van der Waals surface area (Å²) in [6.07, 6.45) is 14.4. The number of carbonyl (C=O) groups excluding carboxylic acids is 2.